The van der Waals surface area contributed by atoms with Crippen molar-refractivity contribution in [3.8, 4) is 0 Å². The number of halogens is 6. The Bertz CT molecular complexity index is 378. The van der Waals surface area contributed by atoms with Crippen LogP contribution in [0.5, 0.6) is 0 Å². The SMILES string of the molecule is Nc1c(Br)cc(Cl)c(C(F)(F)F)c1Br. The second-order valence-corrected chi connectivity index (χ2v) is 4.50. The molecule has 0 fully saturated rings. The molecule has 1 aromatic rings. The molecule has 0 aliphatic heterocycles. The first-order valence-corrected chi connectivity index (χ1v) is 5.21. The highest BCUT2D eigenvalue weighted by Crippen LogP contribution is 2.44. The third-order valence-corrected chi connectivity index (χ3v) is 3.27. The van der Waals surface area contributed by atoms with E-state index in [0.717, 1.165) is 6.07 Å². The third kappa shape index (κ3) is 2.17. The number of rotatable bonds is 0. The maximum atomic E-state index is 12.4. The van der Waals surface area contributed by atoms with Gasteiger partial charge < -0.3 is 5.73 Å². The van der Waals surface area contributed by atoms with Crippen LogP contribution in [-0.4, -0.2) is 0 Å². The molecule has 0 aliphatic rings. The van der Waals surface area contributed by atoms with E-state index < -0.39 is 16.8 Å². The van der Waals surface area contributed by atoms with E-state index in [0.29, 0.717) is 4.47 Å². The summed E-state index contributed by atoms with van der Waals surface area (Å²) in [5, 5.41) is -0.398. The van der Waals surface area contributed by atoms with Gasteiger partial charge in [0.25, 0.3) is 0 Å². The highest BCUT2D eigenvalue weighted by Gasteiger charge is 2.36. The molecule has 1 nitrogen and oxygen atoms in total. The van der Waals surface area contributed by atoms with Gasteiger partial charge in [-0.1, -0.05) is 11.6 Å². The number of alkyl halides is 3. The topological polar surface area (TPSA) is 26.0 Å². The van der Waals surface area contributed by atoms with Gasteiger partial charge in [0.05, 0.1) is 20.7 Å². The molecule has 0 atom stereocenters. The Morgan fingerprint density at radius 2 is 1.79 bits per heavy atom. The van der Waals surface area contributed by atoms with Gasteiger partial charge in [0.1, 0.15) is 0 Å². The Kier molecular flexibility index (Phi) is 3.38. The summed E-state index contributed by atoms with van der Waals surface area (Å²) in [6.07, 6.45) is -4.52. The first-order chi connectivity index (χ1) is 6.25. The van der Waals surface area contributed by atoms with Crippen molar-refractivity contribution in [1.29, 1.82) is 0 Å². The molecule has 0 heterocycles. The maximum absolute atomic E-state index is 12.4. The number of nitrogen functional groups attached to an aromatic ring is 1. The molecule has 7 heteroatoms. The average Bonchev–Trinajstić information content (AvgIpc) is 1.97. The summed E-state index contributed by atoms with van der Waals surface area (Å²) in [7, 11) is 0. The number of anilines is 1. The minimum atomic E-state index is -4.52. The summed E-state index contributed by atoms with van der Waals surface area (Å²) < 4.78 is 37.4. The van der Waals surface area contributed by atoms with Crippen molar-refractivity contribution in [2.45, 2.75) is 6.18 Å². The standard InChI is InChI=1S/C7H3Br2ClF3N/c8-2-1-3(10)4(7(11,12)13)5(9)6(2)14/h1H,14H2. The van der Waals surface area contributed by atoms with Crippen molar-refractivity contribution >= 4 is 49.1 Å². The molecule has 1 rings (SSSR count). The Morgan fingerprint density at radius 3 is 2.21 bits per heavy atom. The van der Waals surface area contributed by atoms with E-state index in [4.69, 9.17) is 17.3 Å². The van der Waals surface area contributed by atoms with Gasteiger partial charge in [0.15, 0.2) is 0 Å². The molecule has 0 aromatic heterocycles. The third-order valence-electron chi connectivity index (χ3n) is 1.49. The van der Waals surface area contributed by atoms with Crippen molar-refractivity contribution < 1.29 is 13.2 Å². The zero-order chi connectivity index (χ0) is 11.1. The molecule has 78 valence electrons. The first kappa shape index (κ1) is 12.1. The van der Waals surface area contributed by atoms with Crippen molar-refractivity contribution in [1.82, 2.24) is 0 Å². The lowest BCUT2D eigenvalue weighted by Crippen LogP contribution is -2.08. The summed E-state index contributed by atoms with van der Waals surface area (Å²) in [6.45, 7) is 0. The van der Waals surface area contributed by atoms with Crippen molar-refractivity contribution in [3.63, 3.8) is 0 Å². The van der Waals surface area contributed by atoms with E-state index in [9.17, 15) is 13.2 Å². The molecule has 0 unspecified atom stereocenters. The second-order valence-electron chi connectivity index (χ2n) is 2.44. The zero-order valence-corrected chi connectivity index (χ0v) is 10.4. The van der Waals surface area contributed by atoms with Crippen LogP contribution in [0.2, 0.25) is 5.02 Å². The fraction of sp³-hybridized carbons (Fsp3) is 0.143. The molecule has 0 bridgehead atoms. The highest BCUT2D eigenvalue weighted by molar-refractivity contribution is 9.11. The Labute approximate surface area is 99.7 Å². The van der Waals surface area contributed by atoms with E-state index in [2.05, 4.69) is 31.9 Å². The van der Waals surface area contributed by atoms with Crippen LogP contribution in [0.3, 0.4) is 0 Å². The zero-order valence-electron chi connectivity index (χ0n) is 6.42. The summed E-state index contributed by atoms with van der Waals surface area (Å²) in [4.78, 5) is 0. The van der Waals surface area contributed by atoms with E-state index in [1.54, 1.807) is 0 Å². The van der Waals surface area contributed by atoms with Crippen LogP contribution in [0, 0.1) is 0 Å². The molecule has 0 saturated carbocycles. The number of nitrogens with two attached hydrogens (primary N) is 1. The largest absolute Gasteiger partial charge is 0.419 e. The van der Waals surface area contributed by atoms with Gasteiger partial charge in [-0.15, -0.1) is 0 Å². The second kappa shape index (κ2) is 3.90. The fourth-order valence-electron chi connectivity index (χ4n) is 0.865. The molecule has 0 saturated heterocycles. The number of hydrogen-bond donors (Lipinski definition) is 1. The predicted octanol–water partition coefficient (Wildman–Crippen LogP) is 4.47. The molecule has 1 aromatic carbocycles. The average molecular weight is 353 g/mol. The van der Waals surface area contributed by atoms with E-state index >= 15 is 0 Å². The minimum Gasteiger partial charge on any atom is -0.397 e. The summed E-state index contributed by atoms with van der Waals surface area (Å²) in [5.74, 6) is 0. The molecule has 0 amide bonds. The quantitative estimate of drug-likeness (QED) is 0.685. The fourth-order valence-corrected chi connectivity index (χ4v) is 2.77. The normalized spacial score (nSPS) is 11.9. The Balaban J connectivity index is 3.53. The van der Waals surface area contributed by atoms with Crippen LogP contribution in [-0.2, 0) is 6.18 Å². The summed E-state index contributed by atoms with van der Waals surface area (Å²) in [5.41, 5.74) is 4.41. The molecule has 0 radical (unpaired) electrons. The highest BCUT2D eigenvalue weighted by atomic mass is 79.9. The molecule has 0 aliphatic carbocycles. The summed E-state index contributed by atoms with van der Waals surface area (Å²) >= 11 is 11.2. The van der Waals surface area contributed by atoms with Crippen LogP contribution in [0.1, 0.15) is 5.56 Å². The smallest absolute Gasteiger partial charge is 0.397 e. The van der Waals surface area contributed by atoms with Crippen LogP contribution in [0.15, 0.2) is 15.0 Å². The van der Waals surface area contributed by atoms with E-state index in [-0.39, 0.29) is 10.2 Å². The van der Waals surface area contributed by atoms with Gasteiger partial charge in [0.2, 0.25) is 0 Å². The van der Waals surface area contributed by atoms with Crippen LogP contribution < -0.4 is 5.73 Å². The molecule has 2 N–H and O–H groups in total. The molecule has 0 spiro atoms. The monoisotopic (exact) mass is 351 g/mol. The first-order valence-electron chi connectivity index (χ1n) is 3.25. The van der Waals surface area contributed by atoms with Crippen molar-refractivity contribution in [2.24, 2.45) is 0 Å². The Morgan fingerprint density at radius 1 is 1.29 bits per heavy atom. The van der Waals surface area contributed by atoms with Crippen LogP contribution in [0.4, 0.5) is 18.9 Å². The number of hydrogen-bond acceptors (Lipinski definition) is 1. The lowest BCUT2D eigenvalue weighted by atomic mass is 10.2. The van der Waals surface area contributed by atoms with Crippen molar-refractivity contribution in [3.05, 3.63) is 25.6 Å². The van der Waals surface area contributed by atoms with E-state index in [1.807, 2.05) is 0 Å². The molecular weight excluding hydrogens is 350 g/mol. The van der Waals surface area contributed by atoms with Crippen LogP contribution >= 0.6 is 43.5 Å². The number of benzene rings is 1. The van der Waals surface area contributed by atoms with Gasteiger partial charge in [-0.25, -0.2) is 0 Å². The molecular formula is C7H3Br2ClF3N. The Hall–Kier alpha value is 0.0600. The lowest BCUT2D eigenvalue weighted by molar-refractivity contribution is -0.138. The van der Waals surface area contributed by atoms with Gasteiger partial charge in [0, 0.05) is 4.47 Å². The van der Waals surface area contributed by atoms with Gasteiger partial charge in [-0.2, -0.15) is 13.2 Å². The van der Waals surface area contributed by atoms with Crippen LogP contribution in [0.25, 0.3) is 0 Å². The van der Waals surface area contributed by atoms with Crippen molar-refractivity contribution in [2.75, 3.05) is 5.73 Å². The predicted molar refractivity (Wildman–Crippen MR) is 56.3 cm³/mol. The minimum absolute atomic E-state index is 0.0262. The summed E-state index contributed by atoms with van der Waals surface area (Å²) in [6, 6.07) is 1.12. The van der Waals surface area contributed by atoms with E-state index in [1.165, 1.54) is 0 Å². The van der Waals surface area contributed by atoms with Gasteiger partial charge in [-0.05, 0) is 37.9 Å². The van der Waals surface area contributed by atoms with Gasteiger partial charge in [-0.3, -0.25) is 0 Å². The lowest BCUT2D eigenvalue weighted by Gasteiger charge is -2.13. The molecule has 14 heavy (non-hydrogen) atoms. The maximum Gasteiger partial charge on any atom is 0.419 e. The van der Waals surface area contributed by atoms with Gasteiger partial charge >= 0.3 is 6.18 Å².